The van der Waals surface area contributed by atoms with Crippen molar-refractivity contribution in [2.75, 3.05) is 0 Å². The first kappa shape index (κ1) is 4.89. The van der Waals surface area contributed by atoms with E-state index in [1.54, 1.807) is 0 Å². The van der Waals surface area contributed by atoms with Gasteiger partial charge >= 0.3 is 0 Å². The maximum absolute atomic E-state index is 10.9. The molecule has 0 unspecified atom stereocenters. The highest BCUT2D eigenvalue weighted by Crippen LogP contribution is 2.09. The first-order valence-corrected chi connectivity index (χ1v) is 4.26. The van der Waals surface area contributed by atoms with Gasteiger partial charge in [0, 0.05) is 17.3 Å². The Labute approximate surface area is 69.1 Å². The van der Waals surface area contributed by atoms with E-state index in [0.29, 0.717) is 4.68 Å². The molecule has 0 aliphatic rings. The van der Waals surface area contributed by atoms with Crippen molar-refractivity contribution in [1.82, 2.24) is 9.78 Å². The molecule has 0 atom stereocenters. The Kier molecular flexibility index (Phi) is 1.03. The number of rotatable bonds is 1. The van der Waals surface area contributed by atoms with E-state index < -0.39 is 17.0 Å². The lowest BCUT2D eigenvalue weighted by atomic mass is 10.5. The van der Waals surface area contributed by atoms with Gasteiger partial charge in [0.1, 0.15) is 4.90 Å². The molecule has 1 aromatic heterocycles. The van der Waals surface area contributed by atoms with Crippen molar-refractivity contribution >= 4 is 10.0 Å². The summed E-state index contributed by atoms with van der Waals surface area (Å²) in [6.45, 7) is -1.12. The monoisotopic (exact) mass is 178 g/mol. The molecule has 1 aromatic rings. The largest absolute Gasteiger partial charge is 0.274 e. The molecular weight excluding hydrogens is 166 g/mol. The number of hydrogen-bond donors (Lipinski definition) is 1. The Morgan fingerprint density at radius 2 is 2.45 bits per heavy atom. The lowest BCUT2D eigenvalue weighted by Crippen LogP contribution is -2.12. The predicted octanol–water partition coefficient (Wildman–Crippen LogP) is -0.624. The molecule has 0 aliphatic carbocycles. The molecule has 0 amide bonds. The molecule has 62 valence electrons. The van der Waals surface area contributed by atoms with E-state index >= 15 is 0 Å². The number of nitrogens with two attached hydrogens (primary N) is 1. The molecule has 0 aliphatic heterocycles. The van der Waals surface area contributed by atoms with E-state index in [-0.39, 0.29) is 10.6 Å². The zero-order valence-corrected chi connectivity index (χ0v) is 6.59. The minimum Gasteiger partial charge on any atom is -0.274 e. The summed E-state index contributed by atoms with van der Waals surface area (Å²) in [4.78, 5) is -0.270. The summed E-state index contributed by atoms with van der Waals surface area (Å²) >= 11 is 0. The Bertz CT molecular complexity index is 447. The van der Waals surface area contributed by atoms with Crippen LogP contribution in [0, 0.1) is 6.92 Å². The number of aromatic nitrogens is 2. The van der Waals surface area contributed by atoms with Crippen LogP contribution in [0.5, 0.6) is 0 Å². The summed E-state index contributed by atoms with van der Waals surface area (Å²) in [5, 5.41) is 8.39. The van der Waals surface area contributed by atoms with Gasteiger partial charge in [0.2, 0.25) is 10.0 Å². The summed E-state index contributed by atoms with van der Waals surface area (Å²) in [7, 11) is -3.91. The van der Waals surface area contributed by atoms with Crippen LogP contribution < -0.4 is 5.14 Å². The van der Waals surface area contributed by atoms with Crippen LogP contribution in [0.3, 0.4) is 0 Å². The molecule has 1 rings (SSSR count). The van der Waals surface area contributed by atoms with Crippen LogP contribution in [0.4, 0.5) is 0 Å². The molecule has 0 aromatic carbocycles. The minimum atomic E-state index is -3.91. The Balaban J connectivity index is 3.33. The van der Waals surface area contributed by atoms with Crippen LogP contribution >= 0.6 is 0 Å². The second-order valence-electron chi connectivity index (χ2n) is 2.07. The van der Waals surface area contributed by atoms with Gasteiger partial charge in [0.15, 0.2) is 0 Å². The van der Waals surface area contributed by atoms with Crippen LogP contribution in [-0.4, -0.2) is 18.2 Å². The molecule has 0 radical (unpaired) electrons. The van der Waals surface area contributed by atoms with E-state index in [1.807, 2.05) is 0 Å². The van der Waals surface area contributed by atoms with Gasteiger partial charge in [-0.1, -0.05) is 0 Å². The standard InChI is InChI=1S/C5H9N3O2S/c1-4-5(11(6,9)10)3-8(2)7-4/h3H,1-2H3,(H2,6,9,10)/i2D3. The fraction of sp³-hybridized carbons (Fsp3) is 0.400. The van der Waals surface area contributed by atoms with Crippen LogP contribution in [0.1, 0.15) is 9.81 Å². The quantitative estimate of drug-likeness (QED) is 0.622. The van der Waals surface area contributed by atoms with Crippen LogP contribution in [0.2, 0.25) is 0 Å². The first-order chi connectivity index (χ1) is 6.12. The average molecular weight is 178 g/mol. The molecule has 2 N–H and O–H groups in total. The maximum Gasteiger partial charge on any atom is 0.241 e. The highest BCUT2D eigenvalue weighted by atomic mass is 32.2. The Hall–Kier alpha value is -0.880. The van der Waals surface area contributed by atoms with Crippen LogP contribution in [0.15, 0.2) is 11.1 Å². The van der Waals surface area contributed by atoms with E-state index in [9.17, 15) is 8.42 Å². The molecule has 0 bridgehead atoms. The van der Waals surface area contributed by atoms with Crippen molar-refractivity contribution in [2.45, 2.75) is 11.8 Å². The van der Waals surface area contributed by atoms with Crippen molar-refractivity contribution in [3.63, 3.8) is 0 Å². The molecule has 1 heterocycles. The van der Waals surface area contributed by atoms with Gasteiger partial charge in [-0.05, 0) is 6.92 Å². The Morgan fingerprint density at radius 1 is 1.82 bits per heavy atom. The van der Waals surface area contributed by atoms with E-state index in [1.165, 1.54) is 6.92 Å². The molecule has 0 saturated heterocycles. The highest BCUT2D eigenvalue weighted by molar-refractivity contribution is 7.89. The lowest BCUT2D eigenvalue weighted by Gasteiger charge is -1.90. The van der Waals surface area contributed by atoms with Crippen LogP contribution in [-0.2, 0) is 17.0 Å². The number of hydrogen-bond acceptors (Lipinski definition) is 3. The highest BCUT2D eigenvalue weighted by Gasteiger charge is 2.13. The molecule has 0 saturated carbocycles. The van der Waals surface area contributed by atoms with E-state index in [4.69, 9.17) is 9.25 Å². The van der Waals surface area contributed by atoms with Crippen molar-refractivity contribution in [2.24, 2.45) is 12.1 Å². The number of primary sulfonamides is 1. The van der Waals surface area contributed by atoms with Gasteiger partial charge in [-0.25, -0.2) is 13.6 Å². The summed E-state index contributed by atoms with van der Waals surface area (Å²) in [6, 6.07) is 0. The molecule has 11 heavy (non-hydrogen) atoms. The smallest absolute Gasteiger partial charge is 0.241 e. The van der Waals surface area contributed by atoms with Gasteiger partial charge in [-0.3, -0.25) is 4.68 Å². The number of nitrogens with zero attached hydrogens (tertiary/aromatic N) is 2. The van der Waals surface area contributed by atoms with Crippen LogP contribution in [0.25, 0.3) is 0 Å². The third-order valence-corrected chi connectivity index (χ3v) is 2.17. The summed E-state index contributed by atoms with van der Waals surface area (Å²) in [5.74, 6) is 0. The zero-order chi connectivity index (χ0) is 11.1. The third kappa shape index (κ3) is 1.58. The van der Waals surface area contributed by atoms with Gasteiger partial charge in [-0.15, -0.1) is 0 Å². The van der Waals surface area contributed by atoms with Crippen molar-refractivity contribution < 1.29 is 12.5 Å². The second-order valence-corrected chi connectivity index (χ2v) is 3.60. The third-order valence-electron chi connectivity index (χ3n) is 1.16. The van der Waals surface area contributed by atoms with E-state index in [2.05, 4.69) is 5.10 Å². The maximum atomic E-state index is 10.9. The first-order valence-electron chi connectivity index (χ1n) is 4.22. The van der Waals surface area contributed by atoms with Crippen molar-refractivity contribution in [1.29, 1.82) is 0 Å². The molecule has 0 spiro atoms. The summed E-state index contributed by atoms with van der Waals surface area (Å²) < 4.78 is 43.4. The molecular formula is C5H9N3O2S. The lowest BCUT2D eigenvalue weighted by molar-refractivity contribution is 0.597. The van der Waals surface area contributed by atoms with Gasteiger partial charge in [0.05, 0.1) is 5.69 Å². The molecule has 6 heteroatoms. The normalized spacial score (nSPS) is 17.1. The fourth-order valence-corrected chi connectivity index (χ4v) is 1.42. The van der Waals surface area contributed by atoms with Gasteiger partial charge in [0.25, 0.3) is 0 Å². The zero-order valence-electron chi connectivity index (χ0n) is 8.77. The SMILES string of the molecule is [2H]C([2H])([2H])n1cc(S(N)(=O)=O)c(C)n1. The number of aryl methyl sites for hydroxylation is 2. The fourth-order valence-electron chi connectivity index (χ4n) is 0.724. The van der Waals surface area contributed by atoms with E-state index in [0.717, 1.165) is 6.20 Å². The topological polar surface area (TPSA) is 78.0 Å². The Morgan fingerprint density at radius 3 is 2.73 bits per heavy atom. The predicted molar refractivity (Wildman–Crippen MR) is 39.3 cm³/mol. The molecule has 0 fully saturated rings. The number of sulfonamides is 1. The second kappa shape index (κ2) is 2.31. The summed E-state index contributed by atoms with van der Waals surface area (Å²) in [6.07, 6.45) is 0.900. The average Bonchev–Trinajstić information content (AvgIpc) is 2.27. The van der Waals surface area contributed by atoms with Crippen molar-refractivity contribution in [3.05, 3.63) is 11.9 Å². The minimum absolute atomic E-state index is 0.0728. The molecule has 5 nitrogen and oxygen atoms in total. The van der Waals surface area contributed by atoms with Crippen molar-refractivity contribution in [3.8, 4) is 0 Å². The summed E-state index contributed by atoms with van der Waals surface area (Å²) in [5.41, 5.74) is 0.0728. The van der Waals surface area contributed by atoms with Gasteiger partial charge < -0.3 is 0 Å². The van der Waals surface area contributed by atoms with Gasteiger partial charge in [-0.2, -0.15) is 5.10 Å².